The van der Waals surface area contributed by atoms with Crippen LogP contribution < -0.4 is 5.63 Å². The standard InChI is InChI=1S/C31H19N3O4/c1-17-24-26(21-14-7-9-18-10-8-15-22(25(18)21)30(35)36)27-28(20-13-5-6-16-23(20)38-31(27)37)32-29(24)34(33-17)19-11-3-2-4-12-19/h2-16H,1H3,(H,35,36). The van der Waals surface area contributed by atoms with E-state index in [2.05, 4.69) is 0 Å². The van der Waals surface area contributed by atoms with Crippen molar-refractivity contribution >= 4 is 49.6 Å². The summed E-state index contributed by atoms with van der Waals surface area (Å²) in [6, 6.07) is 27.7. The van der Waals surface area contributed by atoms with Crippen molar-refractivity contribution in [2.75, 3.05) is 0 Å². The molecule has 0 spiro atoms. The van der Waals surface area contributed by atoms with Crippen molar-refractivity contribution in [2.24, 2.45) is 0 Å². The zero-order valence-corrected chi connectivity index (χ0v) is 20.2. The summed E-state index contributed by atoms with van der Waals surface area (Å²) in [5, 5.41) is 17.8. The fourth-order valence-corrected chi connectivity index (χ4v) is 5.36. The third-order valence-electron chi connectivity index (χ3n) is 6.94. The molecule has 7 nitrogen and oxygen atoms in total. The Labute approximate surface area is 215 Å². The minimum Gasteiger partial charge on any atom is -0.478 e. The van der Waals surface area contributed by atoms with Crippen molar-refractivity contribution in [3.8, 4) is 16.8 Å². The van der Waals surface area contributed by atoms with Gasteiger partial charge in [0.05, 0.1) is 33.2 Å². The van der Waals surface area contributed by atoms with E-state index in [4.69, 9.17) is 14.5 Å². The van der Waals surface area contributed by atoms with E-state index in [9.17, 15) is 14.7 Å². The van der Waals surface area contributed by atoms with Crippen LogP contribution in [-0.2, 0) is 0 Å². The fourth-order valence-electron chi connectivity index (χ4n) is 5.36. The third-order valence-corrected chi connectivity index (χ3v) is 6.94. The molecule has 182 valence electrons. The van der Waals surface area contributed by atoms with Gasteiger partial charge in [0.2, 0.25) is 0 Å². The smallest absolute Gasteiger partial charge is 0.346 e. The van der Waals surface area contributed by atoms with E-state index in [1.165, 1.54) is 0 Å². The number of fused-ring (bicyclic) bond motifs is 5. The lowest BCUT2D eigenvalue weighted by Gasteiger charge is -2.14. The highest BCUT2D eigenvalue weighted by atomic mass is 16.4. The number of carbonyl (C=O) groups is 1. The third kappa shape index (κ3) is 3.08. The normalized spacial score (nSPS) is 11.6. The highest BCUT2D eigenvalue weighted by molar-refractivity contribution is 6.21. The van der Waals surface area contributed by atoms with Gasteiger partial charge in [0, 0.05) is 16.3 Å². The van der Waals surface area contributed by atoms with Gasteiger partial charge in [-0.1, -0.05) is 60.7 Å². The van der Waals surface area contributed by atoms with Gasteiger partial charge in [-0.25, -0.2) is 19.3 Å². The molecular weight excluding hydrogens is 478 g/mol. The molecule has 3 aromatic heterocycles. The van der Waals surface area contributed by atoms with Gasteiger partial charge in [0.25, 0.3) is 0 Å². The molecular formula is C31H19N3O4. The number of carboxylic acid groups (broad SMARTS) is 1. The second kappa shape index (κ2) is 8.11. The molecule has 3 heterocycles. The number of carboxylic acids is 1. The SMILES string of the molecule is Cc1nn(-c2ccccc2)c2nc3c(c(-c4cccc5cccc(C(=O)O)c45)c12)c(=O)oc1ccccc13. The van der Waals surface area contributed by atoms with Crippen molar-refractivity contribution in [2.45, 2.75) is 6.92 Å². The molecule has 0 amide bonds. The maximum Gasteiger partial charge on any atom is 0.346 e. The molecule has 4 aromatic carbocycles. The molecule has 38 heavy (non-hydrogen) atoms. The van der Waals surface area contributed by atoms with Crippen LogP contribution in [0.25, 0.3) is 60.5 Å². The van der Waals surface area contributed by atoms with E-state index in [-0.39, 0.29) is 5.56 Å². The van der Waals surface area contributed by atoms with Crippen LogP contribution >= 0.6 is 0 Å². The molecule has 1 N–H and O–H groups in total. The summed E-state index contributed by atoms with van der Waals surface area (Å²) in [5.74, 6) is -1.05. The number of hydrogen-bond donors (Lipinski definition) is 1. The minimum atomic E-state index is -1.05. The van der Waals surface area contributed by atoms with E-state index in [1.54, 1.807) is 28.9 Å². The summed E-state index contributed by atoms with van der Waals surface area (Å²) < 4.78 is 7.53. The van der Waals surface area contributed by atoms with Crippen LogP contribution in [0.15, 0.2) is 100 Å². The van der Waals surface area contributed by atoms with Crippen LogP contribution in [0, 0.1) is 6.92 Å². The van der Waals surface area contributed by atoms with Crippen molar-refractivity contribution in [3.63, 3.8) is 0 Å². The molecule has 0 aliphatic rings. The molecule has 0 fully saturated rings. The monoisotopic (exact) mass is 497 g/mol. The Bertz CT molecular complexity index is 2140. The van der Waals surface area contributed by atoms with Gasteiger partial charge in [0.1, 0.15) is 5.58 Å². The average Bonchev–Trinajstić information content (AvgIpc) is 3.28. The number of pyridine rings is 1. The minimum absolute atomic E-state index is 0.148. The Morgan fingerprint density at radius 3 is 2.37 bits per heavy atom. The number of aryl methyl sites for hydroxylation is 1. The molecule has 0 unspecified atom stereocenters. The summed E-state index contributed by atoms with van der Waals surface area (Å²) >= 11 is 0. The lowest BCUT2D eigenvalue weighted by Crippen LogP contribution is -2.06. The number of aromatic nitrogens is 3. The lowest BCUT2D eigenvalue weighted by atomic mass is 9.90. The molecule has 0 aliphatic carbocycles. The summed E-state index contributed by atoms with van der Waals surface area (Å²) in [6.45, 7) is 1.87. The van der Waals surface area contributed by atoms with Crippen LogP contribution in [-0.4, -0.2) is 25.8 Å². The molecule has 0 radical (unpaired) electrons. The molecule has 0 saturated carbocycles. The van der Waals surface area contributed by atoms with Crippen molar-refractivity contribution < 1.29 is 14.3 Å². The number of aromatic carboxylic acids is 1. The van der Waals surface area contributed by atoms with Crippen molar-refractivity contribution in [1.82, 2.24) is 14.8 Å². The highest BCUT2D eigenvalue weighted by Gasteiger charge is 2.25. The molecule has 0 aliphatic heterocycles. The first-order valence-electron chi connectivity index (χ1n) is 12.1. The molecule has 0 saturated heterocycles. The molecule has 7 aromatic rings. The van der Waals surface area contributed by atoms with Crippen LogP contribution in [0.3, 0.4) is 0 Å². The second-order valence-electron chi connectivity index (χ2n) is 9.14. The van der Waals surface area contributed by atoms with Crippen LogP contribution in [0.4, 0.5) is 0 Å². The Balaban J connectivity index is 1.78. The number of hydrogen-bond acceptors (Lipinski definition) is 5. The Morgan fingerprint density at radius 2 is 1.58 bits per heavy atom. The van der Waals surface area contributed by atoms with E-state index in [0.29, 0.717) is 55.1 Å². The summed E-state index contributed by atoms with van der Waals surface area (Å²) in [6.07, 6.45) is 0. The molecule has 0 bridgehead atoms. The topological polar surface area (TPSA) is 98.2 Å². The van der Waals surface area contributed by atoms with Crippen molar-refractivity contribution in [1.29, 1.82) is 0 Å². The molecule has 7 rings (SSSR count). The number of rotatable bonds is 3. The van der Waals surface area contributed by atoms with Gasteiger partial charge in [0.15, 0.2) is 5.65 Å². The fraction of sp³-hybridized carbons (Fsp3) is 0.0323. The van der Waals surface area contributed by atoms with Gasteiger partial charge in [-0.3, -0.25) is 0 Å². The summed E-state index contributed by atoms with van der Waals surface area (Å²) in [5.41, 5.74) is 3.71. The van der Waals surface area contributed by atoms with Gasteiger partial charge in [-0.2, -0.15) is 5.10 Å². The van der Waals surface area contributed by atoms with Gasteiger partial charge < -0.3 is 9.52 Å². The zero-order valence-electron chi connectivity index (χ0n) is 20.2. The lowest BCUT2D eigenvalue weighted by molar-refractivity contribution is 0.0699. The number of benzene rings is 4. The zero-order chi connectivity index (χ0) is 26.0. The van der Waals surface area contributed by atoms with Gasteiger partial charge in [-0.05, 0) is 48.2 Å². The van der Waals surface area contributed by atoms with Crippen LogP contribution in [0.1, 0.15) is 16.1 Å². The first-order valence-corrected chi connectivity index (χ1v) is 12.1. The van der Waals surface area contributed by atoms with Crippen LogP contribution in [0.5, 0.6) is 0 Å². The predicted octanol–water partition coefficient (Wildman–Crippen LogP) is 6.51. The average molecular weight is 498 g/mol. The summed E-state index contributed by atoms with van der Waals surface area (Å²) in [7, 11) is 0. The summed E-state index contributed by atoms with van der Waals surface area (Å²) in [4.78, 5) is 30.9. The quantitative estimate of drug-likeness (QED) is 0.221. The largest absolute Gasteiger partial charge is 0.478 e. The number of para-hydroxylation sites is 2. The Morgan fingerprint density at radius 1 is 0.842 bits per heavy atom. The maximum absolute atomic E-state index is 13.6. The van der Waals surface area contributed by atoms with Crippen molar-refractivity contribution in [3.05, 3.63) is 113 Å². The van der Waals surface area contributed by atoms with E-state index < -0.39 is 11.6 Å². The Hall–Kier alpha value is -5.30. The highest BCUT2D eigenvalue weighted by Crippen LogP contribution is 2.41. The van der Waals surface area contributed by atoms with E-state index in [1.807, 2.05) is 73.7 Å². The van der Waals surface area contributed by atoms with E-state index >= 15 is 0 Å². The maximum atomic E-state index is 13.6. The Kier molecular flexibility index (Phi) is 4.68. The van der Waals surface area contributed by atoms with Gasteiger partial charge >= 0.3 is 11.6 Å². The van der Waals surface area contributed by atoms with Gasteiger partial charge in [-0.15, -0.1) is 0 Å². The first kappa shape index (κ1) is 21.9. The number of nitrogens with zero attached hydrogens (tertiary/aromatic N) is 3. The van der Waals surface area contributed by atoms with Crippen LogP contribution in [0.2, 0.25) is 0 Å². The molecule has 7 heteroatoms. The second-order valence-corrected chi connectivity index (χ2v) is 9.14. The first-order chi connectivity index (χ1) is 18.5. The predicted molar refractivity (Wildman–Crippen MR) is 147 cm³/mol. The van der Waals surface area contributed by atoms with E-state index in [0.717, 1.165) is 11.1 Å². The molecule has 0 atom stereocenters.